The summed E-state index contributed by atoms with van der Waals surface area (Å²) in [4.78, 5) is 20.4. The van der Waals surface area contributed by atoms with Gasteiger partial charge in [0.15, 0.2) is 0 Å². The molecule has 26 heavy (non-hydrogen) atoms. The van der Waals surface area contributed by atoms with Crippen LogP contribution in [0, 0.1) is 0 Å². The van der Waals surface area contributed by atoms with Crippen molar-refractivity contribution >= 4 is 23.2 Å². The molecule has 0 saturated carbocycles. The first-order valence-electron chi connectivity index (χ1n) is 8.32. The molecule has 0 bridgehead atoms. The van der Waals surface area contributed by atoms with Crippen LogP contribution in [0.3, 0.4) is 0 Å². The topological polar surface area (TPSA) is 66.9 Å². The highest BCUT2D eigenvalue weighted by Crippen LogP contribution is 2.11. The van der Waals surface area contributed by atoms with Crippen LogP contribution in [0.1, 0.15) is 21.6 Å². The Morgan fingerprint density at radius 1 is 1.04 bits per heavy atom. The minimum Gasteiger partial charge on any atom is -0.385 e. The maximum absolute atomic E-state index is 12.3. The number of rotatable bonds is 7. The lowest BCUT2D eigenvalue weighted by Gasteiger charge is -2.09. The summed E-state index contributed by atoms with van der Waals surface area (Å²) in [5, 5.41) is 6.90. The Kier molecular flexibility index (Phi) is 6.17. The molecule has 0 aliphatic heterocycles. The van der Waals surface area contributed by atoms with Crippen molar-refractivity contribution in [1.29, 1.82) is 0 Å². The standard InChI is InChI=1S/C20H19ClN4O/c21-17-5-3-15(4-6-17)7-10-23-18-8-11-24-19(12-18)20(26)25-14-16-2-1-9-22-13-16/h1-6,8-9,11-13H,7,10,14H2,(H,23,24)(H,25,26). The summed E-state index contributed by atoms with van der Waals surface area (Å²) < 4.78 is 0. The zero-order valence-electron chi connectivity index (χ0n) is 14.2. The summed E-state index contributed by atoms with van der Waals surface area (Å²) in [6.45, 7) is 1.17. The number of halogens is 1. The number of nitrogens with one attached hydrogen (secondary N) is 2. The van der Waals surface area contributed by atoms with Crippen LogP contribution >= 0.6 is 11.6 Å². The number of benzene rings is 1. The van der Waals surface area contributed by atoms with E-state index >= 15 is 0 Å². The van der Waals surface area contributed by atoms with Gasteiger partial charge in [-0.15, -0.1) is 0 Å². The van der Waals surface area contributed by atoms with Crippen molar-refractivity contribution in [1.82, 2.24) is 15.3 Å². The molecule has 0 atom stereocenters. The molecular formula is C20H19ClN4O. The number of amides is 1. The fraction of sp³-hybridized carbons (Fsp3) is 0.150. The number of anilines is 1. The number of nitrogens with zero attached hydrogens (tertiary/aromatic N) is 2. The first-order chi connectivity index (χ1) is 12.7. The van der Waals surface area contributed by atoms with Gasteiger partial charge < -0.3 is 10.6 Å². The summed E-state index contributed by atoms with van der Waals surface area (Å²) in [6.07, 6.45) is 5.92. The first-order valence-corrected chi connectivity index (χ1v) is 8.70. The van der Waals surface area contributed by atoms with Gasteiger partial charge in [-0.25, -0.2) is 0 Å². The molecule has 132 valence electrons. The highest BCUT2D eigenvalue weighted by Gasteiger charge is 2.07. The molecule has 3 aromatic rings. The molecule has 5 nitrogen and oxygen atoms in total. The van der Waals surface area contributed by atoms with Crippen molar-refractivity contribution in [2.45, 2.75) is 13.0 Å². The van der Waals surface area contributed by atoms with Gasteiger partial charge in [0.05, 0.1) is 0 Å². The molecule has 3 rings (SSSR count). The summed E-state index contributed by atoms with van der Waals surface area (Å²) in [5.74, 6) is -0.213. The first kappa shape index (κ1) is 17.9. The molecule has 0 unspecified atom stereocenters. The van der Waals surface area contributed by atoms with E-state index in [0.29, 0.717) is 12.2 Å². The maximum Gasteiger partial charge on any atom is 0.270 e. The largest absolute Gasteiger partial charge is 0.385 e. The van der Waals surface area contributed by atoms with E-state index in [-0.39, 0.29) is 5.91 Å². The fourth-order valence-electron chi connectivity index (χ4n) is 2.44. The third-order valence-electron chi connectivity index (χ3n) is 3.82. The lowest BCUT2D eigenvalue weighted by Crippen LogP contribution is -2.24. The van der Waals surface area contributed by atoms with Crippen LogP contribution in [0.15, 0.2) is 67.1 Å². The Balaban J connectivity index is 1.52. The molecule has 2 aromatic heterocycles. The van der Waals surface area contributed by atoms with E-state index in [0.717, 1.165) is 29.2 Å². The van der Waals surface area contributed by atoms with Crippen molar-refractivity contribution in [3.63, 3.8) is 0 Å². The molecular weight excluding hydrogens is 348 g/mol. The minimum absolute atomic E-state index is 0.213. The molecule has 1 amide bonds. The predicted molar refractivity (Wildman–Crippen MR) is 103 cm³/mol. The van der Waals surface area contributed by atoms with E-state index in [1.165, 1.54) is 5.56 Å². The van der Waals surface area contributed by atoms with Gasteiger partial charge in [0, 0.05) is 42.4 Å². The van der Waals surface area contributed by atoms with Gasteiger partial charge in [-0.1, -0.05) is 29.8 Å². The number of pyridine rings is 2. The van der Waals surface area contributed by atoms with Gasteiger partial charge in [0.25, 0.3) is 5.91 Å². The van der Waals surface area contributed by atoms with Gasteiger partial charge in [-0.3, -0.25) is 14.8 Å². The van der Waals surface area contributed by atoms with Crippen molar-refractivity contribution < 1.29 is 4.79 Å². The quantitative estimate of drug-likeness (QED) is 0.668. The number of hydrogen-bond donors (Lipinski definition) is 2. The minimum atomic E-state index is -0.213. The molecule has 2 heterocycles. The summed E-state index contributed by atoms with van der Waals surface area (Å²) in [7, 11) is 0. The molecule has 0 spiro atoms. The second kappa shape index (κ2) is 8.97. The van der Waals surface area contributed by atoms with Crippen LogP contribution in [0.4, 0.5) is 5.69 Å². The number of aromatic nitrogens is 2. The van der Waals surface area contributed by atoms with E-state index < -0.39 is 0 Å². The summed E-state index contributed by atoms with van der Waals surface area (Å²) in [6, 6.07) is 15.1. The van der Waals surface area contributed by atoms with Crippen molar-refractivity contribution in [3.8, 4) is 0 Å². The zero-order valence-corrected chi connectivity index (χ0v) is 14.9. The van der Waals surface area contributed by atoms with Crippen LogP contribution in [-0.4, -0.2) is 22.4 Å². The molecule has 2 N–H and O–H groups in total. The maximum atomic E-state index is 12.3. The van der Waals surface area contributed by atoms with E-state index in [2.05, 4.69) is 20.6 Å². The Morgan fingerprint density at radius 2 is 1.88 bits per heavy atom. The Hall–Kier alpha value is -2.92. The molecule has 0 saturated heterocycles. The van der Waals surface area contributed by atoms with Gasteiger partial charge in [-0.05, 0) is 47.9 Å². The van der Waals surface area contributed by atoms with Gasteiger partial charge in [0.2, 0.25) is 0 Å². The monoisotopic (exact) mass is 366 g/mol. The van der Waals surface area contributed by atoms with Crippen molar-refractivity contribution in [2.75, 3.05) is 11.9 Å². The van der Waals surface area contributed by atoms with Crippen molar-refractivity contribution in [3.05, 3.63) is 89.0 Å². The smallest absolute Gasteiger partial charge is 0.270 e. The Morgan fingerprint density at radius 3 is 2.65 bits per heavy atom. The third-order valence-corrected chi connectivity index (χ3v) is 4.08. The summed E-state index contributed by atoms with van der Waals surface area (Å²) in [5.41, 5.74) is 3.38. The lowest BCUT2D eigenvalue weighted by atomic mass is 10.1. The average Bonchev–Trinajstić information content (AvgIpc) is 2.69. The van der Waals surface area contributed by atoms with Crippen LogP contribution in [0.25, 0.3) is 0 Å². The third kappa shape index (κ3) is 5.29. The molecule has 1 aromatic carbocycles. The Labute approximate surface area is 157 Å². The molecule has 6 heteroatoms. The predicted octanol–water partition coefficient (Wildman–Crippen LogP) is 3.71. The SMILES string of the molecule is O=C(NCc1cccnc1)c1cc(NCCc2ccc(Cl)cc2)ccn1. The van der Waals surface area contributed by atoms with E-state index in [4.69, 9.17) is 11.6 Å². The molecule has 0 aliphatic rings. The fourth-order valence-corrected chi connectivity index (χ4v) is 2.57. The van der Waals surface area contributed by atoms with Gasteiger partial charge in [0.1, 0.15) is 5.69 Å². The lowest BCUT2D eigenvalue weighted by molar-refractivity contribution is 0.0946. The highest BCUT2D eigenvalue weighted by molar-refractivity contribution is 6.30. The number of hydrogen-bond acceptors (Lipinski definition) is 4. The van der Waals surface area contributed by atoms with Crippen LogP contribution in [0.5, 0.6) is 0 Å². The van der Waals surface area contributed by atoms with Crippen LogP contribution < -0.4 is 10.6 Å². The van der Waals surface area contributed by atoms with Crippen molar-refractivity contribution in [2.24, 2.45) is 0 Å². The van der Waals surface area contributed by atoms with Gasteiger partial charge >= 0.3 is 0 Å². The van der Waals surface area contributed by atoms with E-state index in [1.54, 1.807) is 24.7 Å². The second-order valence-electron chi connectivity index (χ2n) is 5.78. The molecule has 0 radical (unpaired) electrons. The van der Waals surface area contributed by atoms with Gasteiger partial charge in [-0.2, -0.15) is 0 Å². The normalized spacial score (nSPS) is 10.3. The molecule has 0 fully saturated rings. The second-order valence-corrected chi connectivity index (χ2v) is 6.21. The number of carbonyl (C=O) groups is 1. The zero-order chi connectivity index (χ0) is 18.2. The van der Waals surface area contributed by atoms with E-state index in [1.807, 2.05) is 42.5 Å². The molecule has 0 aliphatic carbocycles. The average molecular weight is 367 g/mol. The van der Waals surface area contributed by atoms with Crippen LogP contribution in [0.2, 0.25) is 5.02 Å². The van der Waals surface area contributed by atoms with Crippen LogP contribution in [-0.2, 0) is 13.0 Å². The summed E-state index contributed by atoms with van der Waals surface area (Å²) >= 11 is 5.89. The highest BCUT2D eigenvalue weighted by atomic mass is 35.5. The Bertz CT molecular complexity index is 853. The number of carbonyl (C=O) groups excluding carboxylic acids is 1. The van der Waals surface area contributed by atoms with E-state index in [9.17, 15) is 4.79 Å².